The van der Waals surface area contributed by atoms with Crippen molar-refractivity contribution >= 4 is 9.84 Å². The zero-order valence-electron chi connectivity index (χ0n) is 10.6. The fraction of sp³-hybridized carbons (Fsp3) is 0.214. The summed E-state index contributed by atoms with van der Waals surface area (Å²) in [6.07, 6.45) is 3.11. The first-order valence-electron chi connectivity index (χ1n) is 5.97. The van der Waals surface area contributed by atoms with Crippen LogP contribution in [0.1, 0.15) is 12.5 Å². The van der Waals surface area contributed by atoms with Crippen molar-refractivity contribution in [2.75, 3.05) is 6.61 Å². The highest BCUT2D eigenvalue weighted by molar-refractivity contribution is 7.90. The van der Waals surface area contributed by atoms with Gasteiger partial charge in [0.05, 0.1) is 23.5 Å². The number of sulfone groups is 1. The predicted molar refractivity (Wildman–Crippen MR) is 72.7 cm³/mol. The van der Waals surface area contributed by atoms with E-state index < -0.39 is 9.84 Å². The summed E-state index contributed by atoms with van der Waals surface area (Å²) in [6.45, 7) is 2.33. The molecule has 2 rings (SSSR count). The first-order valence-corrected chi connectivity index (χ1v) is 7.62. The summed E-state index contributed by atoms with van der Waals surface area (Å²) in [5.41, 5.74) is 0.626. The van der Waals surface area contributed by atoms with E-state index in [2.05, 4.69) is 4.98 Å². The zero-order chi connectivity index (χ0) is 13.7. The molecule has 0 aliphatic rings. The molecule has 0 bridgehead atoms. The highest BCUT2D eigenvalue weighted by atomic mass is 32.2. The summed E-state index contributed by atoms with van der Waals surface area (Å²) in [4.78, 5) is 4.26. The van der Waals surface area contributed by atoms with Gasteiger partial charge in [-0.25, -0.2) is 8.42 Å². The maximum absolute atomic E-state index is 12.3. The van der Waals surface area contributed by atoms with Crippen LogP contribution >= 0.6 is 0 Å². The fourth-order valence-corrected chi connectivity index (χ4v) is 3.12. The summed E-state index contributed by atoms with van der Waals surface area (Å²) in [7, 11) is -3.36. The molecular formula is C14H15NO3S. The molecule has 1 aromatic heterocycles. The van der Waals surface area contributed by atoms with Crippen molar-refractivity contribution in [3.05, 3.63) is 54.4 Å². The third kappa shape index (κ3) is 3.32. The van der Waals surface area contributed by atoms with Gasteiger partial charge in [-0.15, -0.1) is 0 Å². The molecule has 0 aliphatic carbocycles. The molecule has 1 heterocycles. The second-order valence-electron chi connectivity index (χ2n) is 3.99. The minimum absolute atomic E-state index is 0.0884. The maximum atomic E-state index is 12.3. The second kappa shape index (κ2) is 5.84. The Labute approximate surface area is 113 Å². The highest BCUT2D eigenvalue weighted by Gasteiger charge is 2.17. The smallest absolute Gasteiger partial charge is 0.182 e. The number of pyridine rings is 1. The standard InChI is InChI=1S/C14H15NO3S/c1-2-18-14-10-15-9-8-12(14)11-19(16,17)13-6-4-3-5-7-13/h3-10H,2,11H2,1H3. The van der Waals surface area contributed by atoms with Crippen LogP contribution in [0.5, 0.6) is 5.75 Å². The van der Waals surface area contributed by atoms with Crippen molar-refractivity contribution in [2.45, 2.75) is 17.6 Å². The Morgan fingerprint density at radius 1 is 1.16 bits per heavy atom. The Morgan fingerprint density at radius 2 is 1.89 bits per heavy atom. The number of ether oxygens (including phenoxy) is 1. The number of hydrogen-bond acceptors (Lipinski definition) is 4. The van der Waals surface area contributed by atoms with Crippen molar-refractivity contribution < 1.29 is 13.2 Å². The third-order valence-electron chi connectivity index (χ3n) is 2.62. The summed E-state index contributed by atoms with van der Waals surface area (Å²) in [5.74, 6) is 0.430. The molecule has 0 spiro atoms. The summed E-state index contributed by atoms with van der Waals surface area (Å²) >= 11 is 0. The van der Waals surface area contributed by atoms with E-state index in [-0.39, 0.29) is 5.75 Å². The third-order valence-corrected chi connectivity index (χ3v) is 4.30. The van der Waals surface area contributed by atoms with E-state index in [4.69, 9.17) is 4.74 Å². The van der Waals surface area contributed by atoms with E-state index in [1.807, 2.05) is 6.92 Å². The molecule has 0 amide bonds. The number of nitrogens with zero attached hydrogens (tertiary/aromatic N) is 1. The van der Waals surface area contributed by atoms with Gasteiger partial charge in [0.15, 0.2) is 9.84 Å². The number of rotatable bonds is 5. The van der Waals surface area contributed by atoms with Gasteiger partial charge < -0.3 is 4.74 Å². The molecule has 0 atom stereocenters. The molecule has 0 aliphatic heterocycles. The van der Waals surface area contributed by atoms with Gasteiger partial charge in [0, 0.05) is 11.8 Å². The molecule has 5 heteroatoms. The van der Waals surface area contributed by atoms with Crippen LogP contribution < -0.4 is 4.74 Å². The Kier molecular flexibility index (Phi) is 4.16. The average molecular weight is 277 g/mol. The predicted octanol–water partition coefficient (Wildman–Crippen LogP) is 2.45. The van der Waals surface area contributed by atoms with Crippen LogP contribution in [0.4, 0.5) is 0 Å². The number of aromatic nitrogens is 1. The van der Waals surface area contributed by atoms with E-state index in [0.29, 0.717) is 22.8 Å². The quantitative estimate of drug-likeness (QED) is 0.842. The molecule has 0 saturated heterocycles. The zero-order valence-corrected chi connectivity index (χ0v) is 11.4. The van der Waals surface area contributed by atoms with Crippen LogP contribution in [0.2, 0.25) is 0 Å². The van der Waals surface area contributed by atoms with Gasteiger partial charge >= 0.3 is 0 Å². The van der Waals surface area contributed by atoms with E-state index in [1.165, 1.54) is 0 Å². The van der Waals surface area contributed by atoms with Crippen LogP contribution in [-0.2, 0) is 15.6 Å². The second-order valence-corrected chi connectivity index (χ2v) is 5.98. The van der Waals surface area contributed by atoms with Gasteiger partial charge in [0.25, 0.3) is 0 Å². The average Bonchev–Trinajstić information content (AvgIpc) is 2.42. The van der Waals surface area contributed by atoms with E-state index in [0.717, 1.165) is 0 Å². The molecular weight excluding hydrogens is 262 g/mol. The van der Waals surface area contributed by atoms with Crippen LogP contribution in [0.3, 0.4) is 0 Å². The minimum Gasteiger partial charge on any atom is -0.492 e. The molecule has 19 heavy (non-hydrogen) atoms. The summed E-state index contributed by atoms with van der Waals surface area (Å²) in [6, 6.07) is 10.1. The Balaban J connectivity index is 2.31. The lowest BCUT2D eigenvalue weighted by Crippen LogP contribution is -2.07. The topological polar surface area (TPSA) is 56.3 Å². The van der Waals surface area contributed by atoms with E-state index in [9.17, 15) is 8.42 Å². The van der Waals surface area contributed by atoms with Crippen molar-refractivity contribution in [1.82, 2.24) is 4.98 Å². The van der Waals surface area contributed by atoms with Crippen LogP contribution in [0, 0.1) is 0 Å². The molecule has 0 unspecified atom stereocenters. The highest BCUT2D eigenvalue weighted by Crippen LogP contribution is 2.22. The summed E-state index contributed by atoms with van der Waals surface area (Å²) < 4.78 is 30.0. The van der Waals surface area contributed by atoms with E-state index in [1.54, 1.807) is 48.8 Å². The Morgan fingerprint density at radius 3 is 2.58 bits per heavy atom. The van der Waals surface area contributed by atoms with Gasteiger partial charge in [0.2, 0.25) is 0 Å². The van der Waals surface area contributed by atoms with E-state index >= 15 is 0 Å². The molecule has 100 valence electrons. The Hall–Kier alpha value is -1.88. The molecule has 0 fully saturated rings. The monoisotopic (exact) mass is 277 g/mol. The van der Waals surface area contributed by atoms with Crippen molar-refractivity contribution in [2.24, 2.45) is 0 Å². The lowest BCUT2D eigenvalue weighted by atomic mass is 10.3. The van der Waals surface area contributed by atoms with Crippen LogP contribution in [0.25, 0.3) is 0 Å². The van der Waals surface area contributed by atoms with Crippen LogP contribution in [-0.4, -0.2) is 20.0 Å². The molecule has 0 radical (unpaired) electrons. The fourth-order valence-electron chi connectivity index (χ4n) is 1.73. The maximum Gasteiger partial charge on any atom is 0.182 e. The van der Waals surface area contributed by atoms with Crippen LogP contribution in [0.15, 0.2) is 53.7 Å². The molecule has 0 N–H and O–H groups in total. The first kappa shape index (κ1) is 13.5. The van der Waals surface area contributed by atoms with Crippen molar-refractivity contribution in [1.29, 1.82) is 0 Å². The lowest BCUT2D eigenvalue weighted by molar-refractivity contribution is 0.336. The Bertz CT molecular complexity index is 639. The molecule has 2 aromatic rings. The molecule has 4 nitrogen and oxygen atoms in total. The minimum atomic E-state index is -3.36. The van der Waals surface area contributed by atoms with Gasteiger partial charge in [-0.3, -0.25) is 4.98 Å². The number of hydrogen-bond donors (Lipinski definition) is 0. The SMILES string of the molecule is CCOc1cnccc1CS(=O)(=O)c1ccccc1. The molecule has 1 aromatic carbocycles. The number of benzene rings is 1. The van der Waals surface area contributed by atoms with Gasteiger partial charge in [0.1, 0.15) is 5.75 Å². The largest absolute Gasteiger partial charge is 0.492 e. The normalized spacial score (nSPS) is 11.2. The first-order chi connectivity index (χ1) is 9.13. The lowest BCUT2D eigenvalue weighted by Gasteiger charge is -2.09. The summed E-state index contributed by atoms with van der Waals surface area (Å²) in [5, 5.41) is 0. The van der Waals surface area contributed by atoms with Gasteiger partial charge in [-0.2, -0.15) is 0 Å². The van der Waals surface area contributed by atoms with Crippen molar-refractivity contribution in [3.63, 3.8) is 0 Å². The van der Waals surface area contributed by atoms with Gasteiger partial charge in [-0.1, -0.05) is 18.2 Å². The molecule has 0 saturated carbocycles. The van der Waals surface area contributed by atoms with Gasteiger partial charge in [-0.05, 0) is 25.1 Å². The van der Waals surface area contributed by atoms with Crippen molar-refractivity contribution in [3.8, 4) is 5.75 Å².